The van der Waals surface area contributed by atoms with Crippen LogP contribution in [0.5, 0.6) is 5.75 Å². The lowest BCUT2D eigenvalue weighted by atomic mass is 9.89. The molecule has 1 saturated heterocycles. The fourth-order valence-corrected chi connectivity index (χ4v) is 3.52. The number of H-pyrrole nitrogens is 1. The van der Waals surface area contributed by atoms with Crippen molar-refractivity contribution in [2.24, 2.45) is 5.10 Å². The Hall–Kier alpha value is -3.68. The Morgan fingerprint density at radius 2 is 1.79 bits per heavy atom. The summed E-state index contributed by atoms with van der Waals surface area (Å²) in [7, 11) is 0. The molecule has 1 amide bonds. The molecule has 4 rings (SSSR count). The second kappa shape index (κ2) is 8.14. The van der Waals surface area contributed by atoms with Crippen molar-refractivity contribution in [1.29, 1.82) is 0 Å². The number of phenols is 1. The molecule has 1 aliphatic rings. The van der Waals surface area contributed by atoms with Crippen LogP contribution >= 0.6 is 0 Å². The minimum absolute atomic E-state index is 0.0430. The van der Waals surface area contributed by atoms with Crippen LogP contribution in [0, 0.1) is 0 Å². The smallest absolute Gasteiger partial charge is 0.320 e. The first-order chi connectivity index (χ1) is 14.1. The van der Waals surface area contributed by atoms with Gasteiger partial charge in [0.1, 0.15) is 5.75 Å². The zero-order chi connectivity index (χ0) is 20.2. The molecule has 29 heavy (non-hydrogen) atoms. The number of hydrogen-bond acceptors (Lipinski definition) is 5. The van der Waals surface area contributed by atoms with Crippen LogP contribution < -0.4 is 5.56 Å². The Morgan fingerprint density at radius 3 is 2.52 bits per heavy atom. The number of aromatic hydroxyl groups is 1. The van der Waals surface area contributed by atoms with E-state index in [9.17, 15) is 14.7 Å². The van der Waals surface area contributed by atoms with Gasteiger partial charge in [-0.25, -0.2) is 0 Å². The lowest BCUT2D eigenvalue weighted by Gasteiger charge is -2.31. The topological polar surface area (TPSA) is 104 Å². The number of carbonyl (C=O) groups excluding carboxylic acids is 1. The van der Waals surface area contributed by atoms with Crippen molar-refractivity contribution in [3.63, 3.8) is 0 Å². The maximum absolute atomic E-state index is 12.7. The Balaban J connectivity index is 1.44. The van der Waals surface area contributed by atoms with Crippen molar-refractivity contribution >= 4 is 12.1 Å². The summed E-state index contributed by atoms with van der Waals surface area (Å²) < 4.78 is 0. The van der Waals surface area contributed by atoms with Gasteiger partial charge in [-0.15, -0.1) is 9.89 Å². The summed E-state index contributed by atoms with van der Waals surface area (Å²) in [6, 6.07) is 16.9. The van der Waals surface area contributed by atoms with Gasteiger partial charge in [-0.1, -0.05) is 42.5 Å². The number of carbonyl (C=O) groups is 1. The summed E-state index contributed by atoms with van der Waals surface area (Å²) in [5, 5.41) is 20.0. The van der Waals surface area contributed by atoms with Gasteiger partial charge in [0.25, 0.3) is 5.91 Å². The minimum atomic E-state index is -0.619. The standard InChI is InChI=1S/C21H21N5O3/c27-18-9-5-4-8-17(18)14-22-26-21(29)19(23-24-26)20(28)25-12-10-16(11-13-25)15-6-2-1-3-7-15/h1-9,14,16,24,27H,10-13H2. The van der Waals surface area contributed by atoms with E-state index in [0.29, 0.717) is 24.6 Å². The third-order valence-corrected chi connectivity index (χ3v) is 5.16. The molecule has 0 spiro atoms. The average Bonchev–Trinajstić information content (AvgIpc) is 3.14. The number of piperidine rings is 1. The molecule has 2 N–H and O–H groups in total. The van der Waals surface area contributed by atoms with Crippen LogP contribution in [0.25, 0.3) is 0 Å². The van der Waals surface area contributed by atoms with Crippen LogP contribution in [-0.4, -0.2) is 50.3 Å². The van der Waals surface area contributed by atoms with E-state index < -0.39 is 11.5 Å². The first-order valence-corrected chi connectivity index (χ1v) is 9.47. The predicted molar refractivity (Wildman–Crippen MR) is 108 cm³/mol. The molecule has 148 valence electrons. The second-order valence-electron chi connectivity index (χ2n) is 6.96. The van der Waals surface area contributed by atoms with Gasteiger partial charge in [-0.05, 0) is 36.5 Å². The molecule has 2 aromatic carbocycles. The Bertz CT molecular complexity index is 1080. The van der Waals surface area contributed by atoms with E-state index >= 15 is 0 Å². The van der Waals surface area contributed by atoms with E-state index in [1.165, 1.54) is 17.8 Å². The van der Waals surface area contributed by atoms with Crippen LogP contribution in [0.4, 0.5) is 0 Å². The molecule has 2 heterocycles. The molecule has 1 aromatic heterocycles. The van der Waals surface area contributed by atoms with Crippen molar-refractivity contribution in [2.75, 3.05) is 13.1 Å². The number of nitrogens with zero attached hydrogens (tertiary/aromatic N) is 4. The molecule has 1 aliphatic heterocycles. The summed E-state index contributed by atoms with van der Waals surface area (Å²) in [5.41, 5.74) is 0.925. The number of aromatic nitrogens is 3. The maximum atomic E-state index is 12.7. The molecular weight excluding hydrogens is 370 g/mol. The average molecular weight is 391 g/mol. The number of rotatable bonds is 4. The van der Waals surface area contributed by atoms with E-state index in [1.807, 2.05) is 18.2 Å². The third kappa shape index (κ3) is 3.96. The van der Waals surface area contributed by atoms with E-state index in [2.05, 4.69) is 27.5 Å². The Kier molecular flexibility index (Phi) is 5.24. The molecular formula is C21H21N5O3. The van der Waals surface area contributed by atoms with Crippen LogP contribution in [0.15, 0.2) is 64.5 Å². The molecule has 3 aromatic rings. The number of para-hydroxylation sites is 1. The van der Waals surface area contributed by atoms with Crippen molar-refractivity contribution < 1.29 is 9.90 Å². The number of likely N-dealkylation sites (tertiary alicyclic amines) is 1. The molecule has 0 unspecified atom stereocenters. The van der Waals surface area contributed by atoms with Gasteiger partial charge in [-0.3, -0.25) is 9.59 Å². The van der Waals surface area contributed by atoms with Gasteiger partial charge < -0.3 is 10.0 Å². The quantitative estimate of drug-likeness (QED) is 0.665. The Morgan fingerprint density at radius 1 is 1.10 bits per heavy atom. The predicted octanol–water partition coefficient (Wildman–Crippen LogP) is 2.18. The lowest BCUT2D eigenvalue weighted by Crippen LogP contribution is -2.40. The van der Waals surface area contributed by atoms with Gasteiger partial charge >= 0.3 is 5.56 Å². The molecule has 0 bridgehead atoms. The molecule has 0 saturated carbocycles. The first-order valence-electron chi connectivity index (χ1n) is 9.47. The van der Waals surface area contributed by atoms with E-state index in [-0.39, 0.29) is 11.4 Å². The fourth-order valence-electron chi connectivity index (χ4n) is 3.52. The highest BCUT2D eigenvalue weighted by Crippen LogP contribution is 2.28. The molecule has 0 aliphatic carbocycles. The highest BCUT2D eigenvalue weighted by Gasteiger charge is 2.28. The molecule has 0 atom stereocenters. The fraction of sp³-hybridized carbons (Fsp3) is 0.238. The van der Waals surface area contributed by atoms with Gasteiger partial charge in [0.05, 0.1) is 6.21 Å². The van der Waals surface area contributed by atoms with E-state index in [4.69, 9.17) is 0 Å². The number of aromatic amines is 1. The first kappa shape index (κ1) is 18.7. The van der Waals surface area contributed by atoms with Crippen LogP contribution in [0.2, 0.25) is 0 Å². The number of hydrogen-bond donors (Lipinski definition) is 2. The molecule has 8 nitrogen and oxygen atoms in total. The summed E-state index contributed by atoms with van der Waals surface area (Å²) >= 11 is 0. The number of amides is 1. The van der Waals surface area contributed by atoms with Gasteiger partial charge in [-0.2, -0.15) is 10.3 Å². The largest absolute Gasteiger partial charge is 0.507 e. The zero-order valence-corrected chi connectivity index (χ0v) is 15.7. The molecule has 8 heteroatoms. The van der Waals surface area contributed by atoms with Crippen molar-refractivity contribution in [3.05, 3.63) is 81.8 Å². The van der Waals surface area contributed by atoms with Crippen LogP contribution in [0.3, 0.4) is 0 Å². The Labute approximate surface area is 167 Å². The second-order valence-corrected chi connectivity index (χ2v) is 6.96. The minimum Gasteiger partial charge on any atom is -0.507 e. The zero-order valence-electron chi connectivity index (χ0n) is 15.7. The van der Waals surface area contributed by atoms with Crippen LogP contribution in [-0.2, 0) is 0 Å². The SMILES string of the molecule is O=C(c1n[nH]n(N=Cc2ccccc2O)c1=O)N1CCC(c2ccccc2)CC1. The van der Waals surface area contributed by atoms with E-state index in [0.717, 1.165) is 17.6 Å². The van der Waals surface area contributed by atoms with Gasteiger partial charge in [0.15, 0.2) is 0 Å². The summed E-state index contributed by atoms with van der Waals surface area (Å²) in [6.45, 7) is 1.15. The number of benzene rings is 2. The highest BCUT2D eigenvalue weighted by atomic mass is 16.3. The number of nitrogens with one attached hydrogen (secondary N) is 1. The lowest BCUT2D eigenvalue weighted by molar-refractivity contribution is 0.0705. The van der Waals surface area contributed by atoms with Crippen molar-refractivity contribution in [1.82, 2.24) is 20.0 Å². The van der Waals surface area contributed by atoms with Gasteiger partial charge in [0.2, 0.25) is 5.69 Å². The van der Waals surface area contributed by atoms with Gasteiger partial charge in [0, 0.05) is 18.7 Å². The maximum Gasteiger partial charge on any atom is 0.320 e. The van der Waals surface area contributed by atoms with Crippen molar-refractivity contribution in [2.45, 2.75) is 18.8 Å². The van der Waals surface area contributed by atoms with E-state index in [1.54, 1.807) is 23.1 Å². The summed E-state index contributed by atoms with van der Waals surface area (Å²) in [4.78, 5) is 27.8. The normalized spacial score (nSPS) is 15.1. The third-order valence-electron chi connectivity index (χ3n) is 5.16. The summed E-state index contributed by atoms with van der Waals surface area (Å²) in [5.74, 6) is 0.0647. The molecule has 1 fully saturated rings. The highest BCUT2D eigenvalue weighted by molar-refractivity contribution is 5.92. The van der Waals surface area contributed by atoms with Crippen LogP contribution in [0.1, 0.15) is 40.4 Å². The van der Waals surface area contributed by atoms with Crippen molar-refractivity contribution in [3.8, 4) is 5.75 Å². The molecule has 0 radical (unpaired) electrons. The number of phenolic OH excluding ortho intramolecular Hbond substituents is 1. The monoisotopic (exact) mass is 391 g/mol. The summed E-state index contributed by atoms with van der Waals surface area (Å²) in [6.07, 6.45) is 3.02.